The molecule has 18 heavy (non-hydrogen) atoms. The van der Waals surface area contributed by atoms with Gasteiger partial charge in [0.05, 0.1) is 12.2 Å². The van der Waals surface area contributed by atoms with E-state index in [4.69, 9.17) is 4.74 Å². The maximum absolute atomic E-state index is 5.97. The molecule has 0 amide bonds. The average molecular weight is 246 g/mol. The highest BCUT2D eigenvalue weighted by Gasteiger charge is 2.26. The van der Waals surface area contributed by atoms with Crippen molar-refractivity contribution in [3.8, 4) is 5.75 Å². The number of rotatable bonds is 2. The molecule has 2 aliphatic heterocycles. The van der Waals surface area contributed by atoms with E-state index in [2.05, 4.69) is 42.7 Å². The minimum absolute atomic E-state index is 0.110. The van der Waals surface area contributed by atoms with Gasteiger partial charge in [0.1, 0.15) is 11.4 Å². The quantitative estimate of drug-likeness (QED) is 0.841. The topological polar surface area (TPSA) is 33.3 Å². The van der Waals surface area contributed by atoms with Crippen LogP contribution in [0.4, 0.5) is 5.69 Å². The van der Waals surface area contributed by atoms with Crippen molar-refractivity contribution in [2.24, 2.45) is 0 Å². The predicted octanol–water partition coefficient (Wildman–Crippen LogP) is 2.56. The maximum atomic E-state index is 5.97. The van der Waals surface area contributed by atoms with Crippen LogP contribution in [0.1, 0.15) is 32.3 Å². The third kappa shape index (κ3) is 2.46. The Kier molecular flexibility index (Phi) is 2.94. The molecule has 2 N–H and O–H groups in total. The van der Waals surface area contributed by atoms with Crippen LogP contribution >= 0.6 is 0 Å². The highest BCUT2D eigenvalue weighted by Crippen LogP contribution is 2.33. The number of ether oxygens (including phenoxy) is 1. The Morgan fingerprint density at radius 2 is 2.28 bits per heavy atom. The van der Waals surface area contributed by atoms with Crippen LogP contribution in [0.5, 0.6) is 5.75 Å². The number of hydrogen-bond donors (Lipinski definition) is 2. The lowest BCUT2D eigenvalue weighted by molar-refractivity contribution is 0.116. The first-order valence-electron chi connectivity index (χ1n) is 6.92. The molecule has 2 heterocycles. The zero-order valence-electron chi connectivity index (χ0n) is 11.3. The third-order valence-electron chi connectivity index (χ3n) is 3.78. The van der Waals surface area contributed by atoms with Crippen LogP contribution in [0.15, 0.2) is 18.2 Å². The molecule has 98 valence electrons. The zero-order valence-corrected chi connectivity index (χ0v) is 11.3. The van der Waals surface area contributed by atoms with Gasteiger partial charge < -0.3 is 15.4 Å². The second-order valence-corrected chi connectivity index (χ2v) is 6.04. The van der Waals surface area contributed by atoms with E-state index in [9.17, 15) is 0 Å². The lowest BCUT2D eigenvalue weighted by Crippen LogP contribution is -2.40. The fraction of sp³-hybridized carbons (Fsp3) is 0.600. The summed E-state index contributed by atoms with van der Waals surface area (Å²) in [4.78, 5) is 0. The molecule has 1 aromatic rings. The van der Waals surface area contributed by atoms with Crippen LogP contribution in [0.25, 0.3) is 0 Å². The second kappa shape index (κ2) is 4.47. The molecule has 1 atom stereocenters. The van der Waals surface area contributed by atoms with Crippen LogP contribution < -0.4 is 15.4 Å². The Hall–Kier alpha value is -1.22. The Morgan fingerprint density at radius 3 is 3.06 bits per heavy atom. The van der Waals surface area contributed by atoms with Gasteiger partial charge in [-0.3, -0.25) is 0 Å². The summed E-state index contributed by atoms with van der Waals surface area (Å²) >= 11 is 0. The van der Waals surface area contributed by atoms with Crippen LogP contribution in [0, 0.1) is 0 Å². The van der Waals surface area contributed by atoms with Gasteiger partial charge >= 0.3 is 0 Å². The Labute approximate surface area is 109 Å². The summed E-state index contributed by atoms with van der Waals surface area (Å²) in [5, 5.41) is 7.02. The van der Waals surface area contributed by atoms with Crippen molar-refractivity contribution in [2.45, 2.75) is 44.8 Å². The summed E-state index contributed by atoms with van der Waals surface area (Å²) in [6.45, 7) is 6.26. The number of anilines is 1. The van der Waals surface area contributed by atoms with Crippen molar-refractivity contribution in [3.05, 3.63) is 23.8 Å². The van der Waals surface area contributed by atoms with Crippen LogP contribution in [0.2, 0.25) is 0 Å². The molecule has 3 heteroatoms. The summed E-state index contributed by atoms with van der Waals surface area (Å²) in [7, 11) is 0. The molecule has 0 radical (unpaired) electrons. The van der Waals surface area contributed by atoms with E-state index in [0.29, 0.717) is 6.04 Å². The normalized spacial score (nSPS) is 25.1. The van der Waals surface area contributed by atoms with E-state index in [1.54, 1.807) is 0 Å². The number of fused-ring (bicyclic) bond motifs is 1. The number of hydrogen-bond acceptors (Lipinski definition) is 3. The average Bonchev–Trinajstić information content (AvgIpc) is 2.81. The van der Waals surface area contributed by atoms with Gasteiger partial charge in [-0.05, 0) is 57.4 Å². The summed E-state index contributed by atoms with van der Waals surface area (Å²) in [6.07, 6.45) is 3.73. The summed E-state index contributed by atoms with van der Waals surface area (Å²) < 4.78 is 5.97. The Bertz CT molecular complexity index is 436. The van der Waals surface area contributed by atoms with Crippen molar-refractivity contribution < 1.29 is 4.74 Å². The van der Waals surface area contributed by atoms with Gasteiger partial charge in [0.15, 0.2) is 0 Å². The summed E-state index contributed by atoms with van der Waals surface area (Å²) in [5.41, 5.74) is 2.43. The minimum atomic E-state index is -0.110. The van der Waals surface area contributed by atoms with E-state index in [1.165, 1.54) is 24.9 Å². The standard InChI is InChI=1S/C15H22N2O/c1-15(2)10-17-13-9-11(5-6-14(13)18-15)8-12-4-3-7-16-12/h5-6,9,12,16-17H,3-4,7-8,10H2,1-2H3. The molecular formula is C15H22N2O. The Balaban J connectivity index is 1.75. The van der Waals surface area contributed by atoms with Crippen LogP contribution in [-0.4, -0.2) is 24.7 Å². The van der Waals surface area contributed by atoms with Crippen molar-refractivity contribution in [1.29, 1.82) is 0 Å². The van der Waals surface area contributed by atoms with E-state index >= 15 is 0 Å². The van der Waals surface area contributed by atoms with Gasteiger partial charge in [-0.25, -0.2) is 0 Å². The predicted molar refractivity (Wildman–Crippen MR) is 74.4 cm³/mol. The highest BCUT2D eigenvalue weighted by molar-refractivity contribution is 5.60. The monoisotopic (exact) mass is 246 g/mol. The molecule has 0 bridgehead atoms. The van der Waals surface area contributed by atoms with Crippen molar-refractivity contribution in [1.82, 2.24) is 5.32 Å². The first-order valence-corrected chi connectivity index (χ1v) is 6.92. The Morgan fingerprint density at radius 1 is 1.39 bits per heavy atom. The van der Waals surface area contributed by atoms with Crippen LogP contribution in [0.3, 0.4) is 0 Å². The third-order valence-corrected chi connectivity index (χ3v) is 3.78. The molecule has 0 saturated carbocycles. The van der Waals surface area contributed by atoms with Crippen LogP contribution in [-0.2, 0) is 6.42 Å². The van der Waals surface area contributed by atoms with Gasteiger partial charge in [-0.1, -0.05) is 6.07 Å². The van der Waals surface area contributed by atoms with E-state index in [1.807, 2.05) is 0 Å². The maximum Gasteiger partial charge on any atom is 0.143 e. The molecule has 3 rings (SSSR count). The minimum Gasteiger partial charge on any atom is -0.484 e. The molecule has 0 aliphatic carbocycles. The molecule has 1 fully saturated rings. The van der Waals surface area contributed by atoms with Gasteiger partial charge in [0, 0.05) is 6.04 Å². The van der Waals surface area contributed by atoms with E-state index in [-0.39, 0.29) is 5.60 Å². The fourth-order valence-corrected chi connectivity index (χ4v) is 2.79. The molecule has 2 aliphatic rings. The molecule has 1 saturated heterocycles. The summed E-state index contributed by atoms with van der Waals surface area (Å²) in [6, 6.07) is 7.20. The highest BCUT2D eigenvalue weighted by atomic mass is 16.5. The molecular weight excluding hydrogens is 224 g/mol. The van der Waals surface area contributed by atoms with E-state index < -0.39 is 0 Å². The van der Waals surface area contributed by atoms with Crippen molar-refractivity contribution in [3.63, 3.8) is 0 Å². The molecule has 0 aromatic heterocycles. The van der Waals surface area contributed by atoms with Crippen molar-refractivity contribution in [2.75, 3.05) is 18.4 Å². The smallest absolute Gasteiger partial charge is 0.143 e. The lowest BCUT2D eigenvalue weighted by Gasteiger charge is -2.33. The van der Waals surface area contributed by atoms with Gasteiger partial charge in [0.25, 0.3) is 0 Å². The number of nitrogens with one attached hydrogen (secondary N) is 2. The van der Waals surface area contributed by atoms with Gasteiger partial charge in [0.2, 0.25) is 0 Å². The largest absolute Gasteiger partial charge is 0.484 e. The van der Waals surface area contributed by atoms with E-state index in [0.717, 1.165) is 24.4 Å². The molecule has 1 aromatic carbocycles. The zero-order chi connectivity index (χ0) is 12.6. The molecule has 0 spiro atoms. The van der Waals surface area contributed by atoms with Gasteiger partial charge in [-0.15, -0.1) is 0 Å². The first-order chi connectivity index (χ1) is 8.62. The lowest BCUT2D eigenvalue weighted by atomic mass is 10.0. The van der Waals surface area contributed by atoms with Crippen molar-refractivity contribution >= 4 is 5.69 Å². The summed E-state index contributed by atoms with van der Waals surface area (Å²) in [5.74, 6) is 0.981. The molecule has 1 unspecified atom stereocenters. The number of benzene rings is 1. The first kappa shape index (κ1) is 11.8. The van der Waals surface area contributed by atoms with Gasteiger partial charge in [-0.2, -0.15) is 0 Å². The SMILES string of the molecule is CC1(C)CNc2cc(CC3CCCN3)ccc2O1. The second-order valence-electron chi connectivity index (χ2n) is 6.04. The fourth-order valence-electron chi connectivity index (χ4n) is 2.79. The molecule has 3 nitrogen and oxygen atoms in total.